The molecule has 0 saturated carbocycles. The molecule has 0 N–H and O–H groups in total. The molecule has 2 rings (SSSR count). The highest BCUT2D eigenvalue weighted by atomic mass is 19.1. The molecule has 0 heterocycles. The summed E-state index contributed by atoms with van der Waals surface area (Å²) in [6.07, 6.45) is 0.547. The molecule has 0 aliphatic rings. The summed E-state index contributed by atoms with van der Waals surface area (Å²) in [6.45, 7) is 7.90. The van der Waals surface area contributed by atoms with Gasteiger partial charge in [0.1, 0.15) is 5.82 Å². The van der Waals surface area contributed by atoms with E-state index in [4.69, 9.17) is 4.74 Å². The van der Waals surface area contributed by atoms with Crippen molar-refractivity contribution in [3.8, 4) is 11.1 Å². The van der Waals surface area contributed by atoms with Gasteiger partial charge in [0, 0.05) is 6.42 Å². The van der Waals surface area contributed by atoms with Gasteiger partial charge in [-0.2, -0.15) is 0 Å². The van der Waals surface area contributed by atoms with Crippen LogP contribution in [0.4, 0.5) is 4.39 Å². The standard InChI is InChI=1S/C20H23FO2/c1-5-23-19(22)11-10-16-12-18(14(3)15(4)20(16)21)17-9-7-6-8-13(17)2/h6-9,12H,5,10-11H2,1-4H3. The highest BCUT2D eigenvalue weighted by molar-refractivity contribution is 5.73. The number of aryl methyl sites for hydroxylation is 2. The highest BCUT2D eigenvalue weighted by Gasteiger charge is 2.15. The number of carbonyl (C=O) groups is 1. The third-order valence-corrected chi connectivity index (χ3v) is 4.24. The first-order valence-corrected chi connectivity index (χ1v) is 7.95. The van der Waals surface area contributed by atoms with Gasteiger partial charge in [-0.15, -0.1) is 0 Å². The maximum Gasteiger partial charge on any atom is 0.306 e. The second-order valence-corrected chi connectivity index (χ2v) is 5.77. The Bertz CT molecular complexity index is 720. The fraction of sp³-hybridized carbons (Fsp3) is 0.350. The Hall–Kier alpha value is -2.16. The summed E-state index contributed by atoms with van der Waals surface area (Å²) in [5.41, 5.74) is 5.44. The Morgan fingerprint density at radius 2 is 1.78 bits per heavy atom. The van der Waals surface area contributed by atoms with Crippen LogP contribution in [0.15, 0.2) is 30.3 Å². The van der Waals surface area contributed by atoms with Gasteiger partial charge in [-0.3, -0.25) is 4.79 Å². The average Bonchev–Trinajstić information content (AvgIpc) is 2.53. The van der Waals surface area contributed by atoms with Gasteiger partial charge in [-0.1, -0.05) is 24.3 Å². The van der Waals surface area contributed by atoms with E-state index >= 15 is 0 Å². The molecule has 0 aliphatic heterocycles. The van der Waals surface area contributed by atoms with Gasteiger partial charge >= 0.3 is 5.97 Å². The molecular weight excluding hydrogens is 291 g/mol. The van der Waals surface area contributed by atoms with E-state index in [2.05, 4.69) is 0 Å². The molecule has 0 unspecified atom stereocenters. The minimum Gasteiger partial charge on any atom is -0.466 e. The second-order valence-electron chi connectivity index (χ2n) is 5.77. The zero-order chi connectivity index (χ0) is 17.0. The van der Waals surface area contributed by atoms with Crippen LogP contribution in [0.1, 0.15) is 35.6 Å². The molecular formula is C20H23FO2. The lowest BCUT2D eigenvalue weighted by Gasteiger charge is -2.16. The van der Waals surface area contributed by atoms with Crippen molar-refractivity contribution in [2.75, 3.05) is 6.61 Å². The molecule has 0 bridgehead atoms. The van der Waals surface area contributed by atoms with E-state index in [1.165, 1.54) is 0 Å². The first-order chi connectivity index (χ1) is 11.0. The molecule has 0 radical (unpaired) electrons. The summed E-state index contributed by atoms with van der Waals surface area (Å²) in [5.74, 6) is -0.508. The third-order valence-electron chi connectivity index (χ3n) is 4.24. The molecule has 23 heavy (non-hydrogen) atoms. The Balaban J connectivity index is 2.41. The average molecular weight is 314 g/mol. The number of esters is 1. The predicted octanol–water partition coefficient (Wildman–Crippen LogP) is 4.91. The molecule has 0 saturated heterocycles. The molecule has 2 aromatic carbocycles. The topological polar surface area (TPSA) is 26.3 Å². The van der Waals surface area contributed by atoms with Gasteiger partial charge in [0.25, 0.3) is 0 Å². The van der Waals surface area contributed by atoms with Crippen LogP contribution in [-0.2, 0) is 16.0 Å². The summed E-state index contributed by atoms with van der Waals surface area (Å²) in [6, 6.07) is 9.94. The number of benzene rings is 2. The molecule has 0 atom stereocenters. The van der Waals surface area contributed by atoms with Gasteiger partial charge in [-0.25, -0.2) is 4.39 Å². The zero-order valence-corrected chi connectivity index (χ0v) is 14.2. The Labute approximate surface area is 137 Å². The summed E-state index contributed by atoms with van der Waals surface area (Å²) in [7, 11) is 0. The fourth-order valence-electron chi connectivity index (χ4n) is 2.76. The number of hydrogen-bond acceptors (Lipinski definition) is 2. The number of carbonyl (C=O) groups excluding carboxylic acids is 1. The van der Waals surface area contributed by atoms with Crippen LogP contribution >= 0.6 is 0 Å². The van der Waals surface area contributed by atoms with Crippen molar-refractivity contribution < 1.29 is 13.9 Å². The van der Waals surface area contributed by atoms with Gasteiger partial charge in [0.2, 0.25) is 0 Å². The number of rotatable bonds is 5. The van der Waals surface area contributed by atoms with Crippen molar-refractivity contribution in [2.45, 2.75) is 40.5 Å². The second kappa shape index (κ2) is 7.40. The number of halogens is 1. The minimum absolute atomic E-state index is 0.195. The van der Waals surface area contributed by atoms with Crippen LogP contribution in [0.3, 0.4) is 0 Å². The molecule has 2 nitrogen and oxygen atoms in total. The van der Waals surface area contributed by atoms with Gasteiger partial charge in [0.05, 0.1) is 6.61 Å². The molecule has 0 spiro atoms. The minimum atomic E-state index is -0.289. The van der Waals surface area contributed by atoms with Crippen molar-refractivity contribution in [3.63, 3.8) is 0 Å². The maximum absolute atomic E-state index is 14.5. The summed E-state index contributed by atoms with van der Waals surface area (Å²) in [4.78, 5) is 11.5. The van der Waals surface area contributed by atoms with E-state index in [1.54, 1.807) is 13.8 Å². The largest absolute Gasteiger partial charge is 0.466 e. The van der Waals surface area contributed by atoms with Crippen LogP contribution in [0.25, 0.3) is 11.1 Å². The van der Waals surface area contributed by atoms with Crippen molar-refractivity contribution in [1.29, 1.82) is 0 Å². The van der Waals surface area contributed by atoms with Crippen molar-refractivity contribution >= 4 is 5.97 Å². The van der Waals surface area contributed by atoms with E-state index in [0.717, 1.165) is 22.3 Å². The molecule has 3 heteroatoms. The zero-order valence-electron chi connectivity index (χ0n) is 14.2. The molecule has 0 fully saturated rings. The summed E-state index contributed by atoms with van der Waals surface area (Å²) in [5, 5.41) is 0. The molecule has 122 valence electrons. The van der Waals surface area contributed by atoms with Crippen LogP contribution in [0.2, 0.25) is 0 Å². The summed E-state index contributed by atoms with van der Waals surface area (Å²) >= 11 is 0. The molecule has 0 amide bonds. The Kier molecular flexibility index (Phi) is 5.54. The van der Waals surface area contributed by atoms with E-state index in [-0.39, 0.29) is 18.2 Å². The number of ether oxygens (including phenoxy) is 1. The van der Waals surface area contributed by atoms with Crippen molar-refractivity contribution in [2.24, 2.45) is 0 Å². The van der Waals surface area contributed by atoms with Crippen LogP contribution in [0.5, 0.6) is 0 Å². The molecule has 0 aromatic heterocycles. The maximum atomic E-state index is 14.5. The smallest absolute Gasteiger partial charge is 0.306 e. The molecule has 2 aromatic rings. The molecule has 0 aliphatic carbocycles. The van der Waals surface area contributed by atoms with Crippen LogP contribution < -0.4 is 0 Å². The lowest BCUT2D eigenvalue weighted by Crippen LogP contribution is -2.07. The van der Waals surface area contributed by atoms with Crippen molar-refractivity contribution in [1.82, 2.24) is 0 Å². The van der Waals surface area contributed by atoms with Crippen LogP contribution in [-0.4, -0.2) is 12.6 Å². The first-order valence-electron chi connectivity index (χ1n) is 7.95. The van der Waals surface area contributed by atoms with Gasteiger partial charge < -0.3 is 4.74 Å². The summed E-state index contributed by atoms with van der Waals surface area (Å²) < 4.78 is 19.5. The van der Waals surface area contributed by atoms with E-state index in [1.807, 2.05) is 44.2 Å². The number of hydrogen-bond donors (Lipinski definition) is 0. The van der Waals surface area contributed by atoms with E-state index < -0.39 is 0 Å². The quantitative estimate of drug-likeness (QED) is 0.733. The fourth-order valence-corrected chi connectivity index (χ4v) is 2.76. The van der Waals surface area contributed by atoms with E-state index in [0.29, 0.717) is 24.2 Å². The Morgan fingerprint density at radius 1 is 1.09 bits per heavy atom. The SMILES string of the molecule is CCOC(=O)CCc1cc(-c2ccccc2C)c(C)c(C)c1F. The van der Waals surface area contributed by atoms with Crippen LogP contribution in [0, 0.1) is 26.6 Å². The lowest BCUT2D eigenvalue weighted by molar-refractivity contribution is -0.143. The van der Waals surface area contributed by atoms with Gasteiger partial charge in [0.15, 0.2) is 0 Å². The van der Waals surface area contributed by atoms with E-state index in [9.17, 15) is 9.18 Å². The van der Waals surface area contributed by atoms with Crippen molar-refractivity contribution in [3.05, 3.63) is 58.4 Å². The lowest BCUT2D eigenvalue weighted by atomic mass is 9.90. The first kappa shape index (κ1) is 17.2. The highest BCUT2D eigenvalue weighted by Crippen LogP contribution is 2.32. The normalized spacial score (nSPS) is 10.7. The Morgan fingerprint density at radius 3 is 2.43 bits per heavy atom. The monoisotopic (exact) mass is 314 g/mol. The third kappa shape index (κ3) is 3.79. The predicted molar refractivity (Wildman–Crippen MR) is 91.0 cm³/mol. The van der Waals surface area contributed by atoms with Gasteiger partial charge in [-0.05, 0) is 73.6 Å².